The van der Waals surface area contributed by atoms with Gasteiger partial charge < -0.3 is 0 Å². The average molecular weight is 268 g/mol. The second-order valence-corrected chi connectivity index (χ2v) is 29.9. The van der Waals surface area contributed by atoms with Gasteiger partial charge in [0.1, 0.15) is 0 Å². The van der Waals surface area contributed by atoms with Crippen LogP contribution < -0.4 is 0 Å². The van der Waals surface area contributed by atoms with Crippen LogP contribution in [0.4, 0.5) is 0 Å². The van der Waals surface area contributed by atoms with Gasteiger partial charge in [0.05, 0.1) is 0 Å². The number of thiol groups is 1. The standard InChI is InChI=1S/CHIS4/c2-6-1(3-6,4-6)5-6/h6H. The highest BCUT2D eigenvalue weighted by Gasteiger charge is 3.10. The summed E-state index contributed by atoms with van der Waals surface area (Å²) in [6.07, 6.45) is 0. The van der Waals surface area contributed by atoms with Gasteiger partial charge in [0.25, 0.3) is 0 Å². The number of rotatable bonds is 0. The predicted molar refractivity (Wildman–Crippen MR) is 48.5 cm³/mol. The number of halogens is 1. The van der Waals surface area contributed by atoms with Crippen LogP contribution in [0.5, 0.6) is 0 Å². The Kier molecular flexibility index (Phi) is 0.403. The molecule has 3 fully saturated rings. The first-order valence-electron chi connectivity index (χ1n) is 1.55. The van der Waals surface area contributed by atoms with Gasteiger partial charge in [-0.25, -0.2) is 0 Å². The van der Waals surface area contributed by atoms with E-state index in [4.69, 9.17) is 0 Å². The van der Waals surface area contributed by atoms with Gasteiger partial charge in [-0.3, -0.25) is 0 Å². The SMILES string of the molecule is I[SH]123SC1(S2)S3. The topological polar surface area (TPSA) is 0 Å². The molecular weight excluding hydrogens is 267 g/mol. The third-order valence-corrected chi connectivity index (χ3v) is 33.1. The van der Waals surface area contributed by atoms with Crippen molar-refractivity contribution < 1.29 is 0 Å². The van der Waals surface area contributed by atoms with Gasteiger partial charge in [-0.1, -0.05) is 35.8 Å². The van der Waals surface area contributed by atoms with Crippen LogP contribution >= 0.6 is 57.0 Å². The summed E-state index contributed by atoms with van der Waals surface area (Å²) in [6.45, 7) is 0. The molecular formula is CHIS4. The maximum atomic E-state index is 2.68. The second kappa shape index (κ2) is 0.600. The molecule has 0 bridgehead atoms. The normalized spacial score (nSPS) is 77.8. The van der Waals surface area contributed by atoms with Crippen molar-refractivity contribution in [2.24, 2.45) is 0 Å². The fourth-order valence-electron chi connectivity index (χ4n) is 0.546. The monoisotopic (exact) mass is 268 g/mol. The minimum atomic E-state index is -0.768. The lowest BCUT2D eigenvalue weighted by molar-refractivity contribution is 2.14. The van der Waals surface area contributed by atoms with E-state index in [1.807, 2.05) is 0 Å². The molecule has 3 rings (SSSR count). The van der Waals surface area contributed by atoms with Crippen molar-refractivity contribution in [2.75, 3.05) is 0 Å². The second-order valence-electron chi connectivity index (χ2n) is 1.59. The van der Waals surface area contributed by atoms with Gasteiger partial charge in [0.15, 0.2) is 2.74 Å². The molecule has 0 atom stereocenters. The molecule has 5 heteroatoms. The first kappa shape index (κ1) is 4.03. The fraction of sp³-hybridized carbons (Fsp3) is 1.00. The van der Waals surface area contributed by atoms with Crippen LogP contribution in [0.15, 0.2) is 0 Å². The van der Waals surface area contributed by atoms with E-state index in [0.29, 0.717) is 0 Å². The van der Waals surface area contributed by atoms with E-state index >= 15 is 0 Å². The molecule has 36 valence electrons. The van der Waals surface area contributed by atoms with Gasteiger partial charge in [-0.15, -0.1) is 0 Å². The van der Waals surface area contributed by atoms with Crippen LogP contribution in [0.2, 0.25) is 0 Å². The quantitative estimate of drug-likeness (QED) is 0.310. The minimum Gasteiger partial charge on any atom is -0.0933 e. The van der Waals surface area contributed by atoms with Crippen LogP contribution in [-0.4, -0.2) is 2.74 Å². The molecule has 3 heterocycles. The zero-order valence-electron chi connectivity index (χ0n) is 2.55. The Hall–Kier alpha value is 2.13. The lowest BCUT2D eigenvalue weighted by Gasteiger charge is -2.17. The Bertz CT molecular complexity index is 140. The molecule has 0 aromatic carbocycles. The van der Waals surface area contributed by atoms with Crippen molar-refractivity contribution in [1.29, 1.82) is 0 Å². The Morgan fingerprint density at radius 1 is 1.33 bits per heavy atom. The molecule has 6 heavy (non-hydrogen) atoms. The first-order chi connectivity index (χ1) is 2.68. The minimum absolute atomic E-state index is 0.768. The summed E-state index contributed by atoms with van der Waals surface area (Å²) in [6, 6.07) is 0. The summed E-state index contributed by atoms with van der Waals surface area (Å²) < 4.78 is 0.0997. The molecule has 0 aromatic heterocycles. The lowest BCUT2D eigenvalue weighted by Crippen LogP contribution is -1.66. The Morgan fingerprint density at radius 2 is 1.50 bits per heavy atom. The van der Waals surface area contributed by atoms with Gasteiger partial charge in [0.2, 0.25) is 0 Å². The molecule has 0 N–H and O–H groups in total. The highest BCUT2D eigenvalue weighted by atomic mass is 127. The Labute approximate surface area is 59.0 Å². The molecule has 3 saturated heterocycles. The molecule has 0 nitrogen and oxygen atoms in total. The molecule has 0 amide bonds. The van der Waals surface area contributed by atoms with Crippen molar-refractivity contribution in [2.45, 2.75) is 2.74 Å². The van der Waals surface area contributed by atoms with E-state index in [0.717, 1.165) is 2.74 Å². The van der Waals surface area contributed by atoms with Crippen LogP contribution in [0.25, 0.3) is 0 Å². The average Bonchev–Trinajstić information content (AvgIpc) is 1.71. The van der Waals surface area contributed by atoms with E-state index in [-0.39, 0.29) is 0 Å². The van der Waals surface area contributed by atoms with Gasteiger partial charge >= 0.3 is 0 Å². The van der Waals surface area contributed by atoms with Crippen LogP contribution in [0.1, 0.15) is 0 Å². The molecule has 0 saturated carbocycles. The molecule has 0 unspecified atom stereocenters. The van der Waals surface area contributed by atoms with Crippen LogP contribution in [0, 0.1) is 0 Å². The van der Waals surface area contributed by atoms with E-state index in [1.54, 1.807) is 0 Å². The van der Waals surface area contributed by atoms with E-state index in [1.165, 1.54) is 0 Å². The van der Waals surface area contributed by atoms with Gasteiger partial charge in [-0.05, 0) is 21.2 Å². The van der Waals surface area contributed by atoms with Crippen LogP contribution in [0.3, 0.4) is 0 Å². The zero-order valence-corrected chi connectivity index (χ0v) is 8.05. The maximum Gasteiger partial charge on any atom is 0.180 e. The summed E-state index contributed by atoms with van der Waals surface area (Å²) in [7, 11) is 6.73. The predicted octanol–water partition coefficient (Wildman–Crippen LogP) is 3.01. The Balaban J connectivity index is 2.48. The van der Waals surface area contributed by atoms with Crippen molar-refractivity contribution in [3.8, 4) is 0 Å². The van der Waals surface area contributed by atoms with Crippen molar-refractivity contribution in [3.05, 3.63) is 0 Å². The van der Waals surface area contributed by atoms with Crippen molar-refractivity contribution in [1.82, 2.24) is 0 Å². The highest BCUT2D eigenvalue weighted by molar-refractivity contribution is 14.2. The number of hydrogen-bond acceptors (Lipinski definition) is 3. The smallest absolute Gasteiger partial charge is 0.0933 e. The number of hydrogen-bond donors (Lipinski definition) is 1. The summed E-state index contributed by atoms with van der Waals surface area (Å²) in [4.78, 5) is 0. The van der Waals surface area contributed by atoms with E-state index in [2.05, 4.69) is 53.6 Å². The summed E-state index contributed by atoms with van der Waals surface area (Å²) in [5.74, 6) is 0. The van der Waals surface area contributed by atoms with Crippen LogP contribution in [-0.2, 0) is 0 Å². The highest BCUT2D eigenvalue weighted by Crippen LogP contribution is 3.56. The molecule has 3 aliphatic heterocycles. The van der Waals surface area contributed by atoms with E-state index < -0.39 is 3.43 Å². The third-order valence-electron chi connectivity index (χ3n) is 1.15. The molecule has 3 aliphatic rings. The van der Waals surface area contributed by atoms with Crippen molar-refractivity contribution >= 4 is 57.0 Å². The van der Waals surface area contributed by atoms with Gasteiger partial charge in [-0.2, -0.15) is 0 Å². The van der Waals surface area contributed by atoms with Gasteiger partial charge in [0, 0.05) is 0 Å². The van der Waals surface area contributed by atoms with Crippen molar-refractivity contribution in [3.63, 3.8) is 0 Å². The van der Waals surface area contributed by atoms with E-state index in [9.17, 15) is 0 Å². The molecule has 0 aliphatic carbocycles. The molecule has 0 spiro atoms. The fourth-order valence-corrected chi connectivity index (χ4v) is 45.2. The maximum absolute atomic E-state index is 2.68. The molecule has 0 aromatic rings. The summed E-state index contributed by atoms with van der Waals surface area (Å²) >= 11 is 2.68. The zero-order chi connectivity index (χ0) is 4.07. The largest absolute Gasteiger partial charge is 0.180 e. The summed E-state index contributed by atoms with van der Waals surface area (Å²) in [5.41, 5.74) is 0. The lowest BCUT2D eigenvalue weighted by atomic mass is 11.8. The molecule has 0 radical (unpaired) electrons. The first-order valence-corrected chi connectivity index (χ1v) is 10.8. The third kappa shape index (κ3) is 0.190. The Morgan fingerprint density at radius 3 is 1.50 bits per heavy atom. The summed E-state index contributed by atoms with van der Waals surface area (Å²) in [5, 5.41) is 0.